The molecule has 22 heavy (non-hydrogen) atoms. The highest BCUT2D eigenvalue weighted by atomic mass is 32.2. The first-order valence-corrected chi connectivity index (χ1v) is 8.08. The highest BCUT2D eigenvalue weighted by Gasteiger charge is 2.20. The van der Waals surface area contributed by atoms with Gasteiger partial charge in [0.25, 0.3) is 0 Å². The number of ether oxygens (including phenoxy) is 2. The van der Waals surface area contributed by atoms with Crippen LogP contribution in [0.1, 0.15) is 11.5 Å². The van der Waals surface area contributed by atoms with E-state index in [1.54, 1.807) is 25.1 Å². The number of rotatable bonds is 7. The van der Waals surface area contributed by atoms with Gasteiger partial charge in [-0.25, -0.2) is 13.1 Å². The van der Waals surface area contributed by atoms with Gasteiger partial charge in [-0.2, -0.15) is 0 Å². The van der Waals surface area contributed by atoms with Crippen molar-refractivity contribution in [2.45, 2.75) is 18.2 Å². The van der Waals surface area contributed by atoms with E-state index in [-0.39, 0.29) is 17.2 Å². The molecule has 1 aromatic carbocycles. The zero-order chi connectivity index (χ0) is 16.2. The quantitative estimate of drug-likeness (QED) is 0.829. The lowest BCUT2D eigenvalue weighted by Crippen LogP contribution is -2.26. The number of benzene rings is 1. The van der Waals surface area contributed by atoms with E-state index < -0.39 is 10.0 Å². The molecule has 2 aromatic rings. The lowest BCUT2D eigenvalue weighted by atomic mass is 10.3. The second kappa shape index (κ2) is 6.80. The van der Waals surface area contributed by atoms with Crippen LogP contribution in [0.4, 0.5) is 0 Å². The Morgan fingerprint density at radius 1 is 1.23 bits per heavy atom. The first kappa shape index (κ1) is 16.3. The van der Waals surface area contributed by atoms with E-state index in [0.717, 1.165) is 0 Å². The summed E-state index contributed by atoms with van der Waals surface area (Å²) in [5.74, 6) is 1.38. The van der Waals surface area contributed by atoms with Crippen molar-refractivity contribution >= 4 is 10.0 Å². The molecule has 120 valence electrons. The molecule has 0 aliphatic heterocycles. The van der Waals surface area contributed by atoms with Crippen molar-refractivity contribution in [2.24, 2.45) is 0 Å². The fourth-order valence-electron chi connectivity index (χ4n) is 1.92. The number of nitrogens with one attached hydrogen (secondary N) is 1. The van der Waals surface area contributed by atoms with Crippen molar-refractivity contribution < 1.29 is 22.4 Å². The molecule has 0 aliphatic carbocycles. The molecule has 0 radical (unpaired) electrons. The number of aryl methyl sites for hydroxylation is 1. The molecule has 1 heterocycles. The van der Waals surface area contributed by atoms with Crippen LogP contribution in [0.3, 0.4) is 0 Å². The van der Waals surface area contributed by atoms with Gasteiger partial charge in [-0.15, -0.1) is 0 Å². The van der Waals surface area contributed by atoms with Crippen molar-refractivity contribution in [1.82, 2.24) is 9.88 Å². The number of nitrogens with zero attached hydrogens (tertiary/aromatic N) is 1. The first-order chi connectivity index (χ1) is 10.5. The summed E-state index contributed by atoms with van der Waals surface area (Å²) >= 11 is 0. The highest BCUT2D eigenvalue weighted by molar-refractivity contribution is 7.89. The summed E-state index contributed by atoms with van der Waals surface area (Å²) in [6, 6.07) is 6.37. The molecular formula is C14H18N2O5S. The predicted octanol–water partition coefficient (Wildman–Crippen LogP) is 1.52. The third-order valence-corrected chi connectivity index (χ3v) is 4.49. The lowest BCUT2D eigenvalue weighted by molar-refractivity contribution is 0.390. The zero-order valence-corrected chi connectivity index (χ0v) is 13.4. The van der Waals surface area contributed by atoms with Crippen LogP contribution in [-0.4, -0.2) is 34.3 Å². The van der Waals surface area contributed by atoms with E-state index in [0.29, 0.717) is 23.6 Å². The summed E-state index contributed by atoms with van der Waals surface area (Å²) < 4.78 is 42.4. The van der Waals surface area contributed by atoms with Gasteiger partial charge in [0.05, 0.1) is 19.9 Å². The van der Waals surface area contributed by atoms with Gasteiger partial charge in [0.2, 0.25) is 10.0 Å². The molecule has 0 bridgehead atoms. The molecule has 7 nitrogen and oxygen atoms in total. The van der Waals surface area contributed by atoms with Crippen molar-refractivity contribution in [2.75, 3.05) is 20.8 Å². The topological polar surface area (TPSA) is 90.7 Å². The standard InChI is InChI=1S/C14H18N2O5S/c1-10-8-11(16-21-10)6-7-15-22(17,18)14-9-12(19-2)4-5-13(14)20-3/h4-5,8-9,15H,6-7H2,1-3H3. The van der Waals surface area contributed by atoms with E-state index in [1.807, 2.05) is 0 Å². The number of hydrogen-bond donors (Lipinski definition) is 1. The fourth-order valence-corrected chi connectivity index (χ4v) is 3.13. The summed E-state index contributed by atoms with van der Waals surface area (Å²) in [6.45, 7) is 1.98. The minimum Gasteiger partial charge on any atom is -0.497 e. The van der Waals surface area contributed by atoms with Crippen molar-refractivity contribution in [1.29, 1.82) is 0 Å². The van der Waals surface area contributed by atoms with Crippen LogP contribution in [0.25, 0.3) is 0 Å². The van der Waals surface area contributed by atoms with Crippen LogP contribution in [0, 0.1) is 6.92 Å². The highest BCUT2D eigenvalue weighted by Crippen LogP contribution is 2.27. The Morgan fingerprint density at radius 2 is 2.00 bits per heavy atom. The van der Waals surface area contributed by atoms with E-state index in [9.17, 15) is 8.42 Å². The molecule has 0 saturated heterocycles. The van der Waals surface area contributed by atoms with E-state index >= 15 is 0 Å². The summed E-state index contributed by atoms with van der Waals surface area (Å²) in [5.41, 5.74) is 0.692. The monoisotopic (exact) mass is 326 g/mol. The number of aromatic nitrogens is 1. The van der Waals surface area contributed by atoms with E-state index in [1.165, 1.54) is 20.3 Å². The zero-order valence-electron chi connectivity index (χ0n) is 12.6. The Morgan fingerprint density at radius 3 is 2.59 bits per heavy atom. The van der Waals surface area contributed by atoms with Gasteiger partial charge in [-0.3, -0.25) is 0 Å². The molecule has 2 rings (SSSR count). The lowest BCUT2D eigenvalue weighted by Gasteiger charge is -2.11. The van der Waals surface area contributed by atoms with Crippen LogP contribution >= 0.6 is 0 Å². The third-order valence-electron chi connectivity index (χ3n) is 3.01. The summed E-state index contributed by atoms with van der Waals surface area (Å²) in [4.78, 5) is 0.0330. The molecule has 0 unspecified atom stereocenters. The minimum atomic E-state index is -3.71. The molecule has 8 heteroatoms. The van der Waals surface area contributed by atoms with Crippen LogP contribution < -0.4 is 14.2 Å². The van der Waals surface area contributed by atoms with Crippen molar-refractivity contribution in [3.63, 3.8) is 0 Å². The molecule has 0 amide bonds. The Hall–Kier alpha value is -2.06. The molecule has 0 spiro atoms. The van der Waals surface area contributed by atoms with Gasteiger partial charge in [0, 0.05) is 25.1 Å². The second-order valence-corrected chi connectivity index (χ2v) is 6.33. The van der Waals surface area contributed by atoms with Gasteiger partial charge >= 0.3 is 0 Å². The molecule has 1 N–H and O–H groups in total. The number of methoxy groups -OCH3 is 2. The van der Waals surface area contributed by atoms with E-state index in [2.05, 4.69) is 9.88 Å². The van der Waals surface area contributed by atoms with Gasteiger partial charge in [-0.05, 0) is 19.1 Å². The second-order valence-electron chi connectivity index (χ2n) is 4.59. The van der Waals surface area contributed by atoms with Crippen LogP contribution in [0.15, 0.2) is 33.7 Å². The van der Waals surface area contributed by atoms with Crippen LogP contribution in [0.2, 0.25) is 0 Å². The first-order valence-electron chi connectivity index (χ1n) is 6.60. The number of sulfonamides is 1. The molecule has 0 saturated carbocycles. The summed E-state index contributed by atoms with van der Waals surface area (Å²) in [6.07, 6.45) is 0.433. The molecule has 0 atom stereocenters. The SMILES string of the molecule is COc1ccc(OC)c(S(=O)(=O)NCCc2cc(C)on2)c1. The largest absolute Gasteiger partial charge is 0.497 e. The van der Waals surface area contributed by atoms with E-state index in [4.69, 9.17) is 14.0 Å². The summed E-state index contributed by atoms with van der Waals surface area (Å²) in [7, 11) is -0.826. The maximum atomic E-state index is 12.4. The average molecular weight is 326 g/mol. The van der Waals surface area contributed by atoms with Crippen molar-refractivity contribution in [3.8, 4) is 11.5 Å². The maximum absolute atomic E-state index is 12.4. The van der Waals surface area contributed by atoms with Gasteiger partial charge in [-0.1, -0.05) is 5.16 Å². The molecule has 0 aliphatic rings. The minimum absolute atomic E-state index is 0.0330. The van der Waals surface area contributed by atoms with Gasteiger partial charge in [0.1, 0.15) is 22.2 Å². The fraction of sp³-hybridized carbons (Fsp3) is 0.357. The van der Waals surface area contributed by atoms with Crippen molar-refractivity contribution in [3.05, 3.63) is 35.7 Å². The Balaban J connectivity index is 2.12. The average Bonchev–Trinajstić information content (AvgIpc) is 2.91. The van der Waals surface area contributed by atoms with Gasteiger partial charge in [0.15, 0.2) is 0 Å². The third kappa shape index (κ3) is 3.77. The number of hydrogen-bond acceptors (Lipinski definition) is 6. The predicted molar refractivity (Wildman–Crippen MR) is 79.7 cm³/mol. The smallest absolute Gasteiger partial charge is 0.244 e. The van der Waals surface area contributed by atoms with Gasteiger partial charge < -0.3 is 14.0 Å². The molecular weight excluding hydrogens is 308 g/mol. The van der Waals surface area contributed by atoms with Crippen LogP contribution in [0.5, 0.6) is 11.5 Å². The molecule has 1 aromatic heterocycles. The van der Waals surface area contributed by atoms with Crippen LogP contribution in [-0.2, 0) is 16.4 Å². The normalized spacial score (nSPS) is 11.4. The molecule has 0 fully saturated rings. The maximum Gasteiger partial charge on any atom is 0.244 e. The summed E-state index contributed by atoms with van der Waals surface area (Å²) in [5, 5.41) is 3.81. The Kier molecular flexibility index (Phi) is 5.04. The Labute approximate surface area is 129 Å². The Bertz CT molecular complexity index is 739.